The highest BCUT2D eigenvalue weighted by Crippen LogP contribution is 2.26. The Bertz CT molecular complexity index is 907. The van der Waals surface area contributed by atoms with E-state index < -0.39 is 0 Å². The Hall–Kier alpha value is -2.54. The van der Waals surface area contributed by atoms with Gasteiger partial charge in [0.05, 0.1) is 5.69 Å². The normalized spacial score (nSPS) is 11.6. The predicted octanol–water partition coefficient (Wildman–Crippen LogP) is 4.62. The molecule has 0 saturated heterocycles. The van der Waals surface area contributed by atoms with Crippen molar-refractivity contribution in [3.05, 3.63) is 46.8 Å². The van der Waals surface area contributed by atoms with E-state index in [0.29, 0.717) is 23.3 Å². The smallest absolute Gasteiger partial charge is 0.227 e. The van der Waals surface area contributed by atoms with Gasteiger partial charge in [-0.2, -0.15) is 4.98 Å². The molecule has 142 valence electrons. The molecule has 0 aliphatic rings. The molecule has 0 fully saturated rings. The molecule has 0 atom stereocenters. The molecule has 0 saturated carbocycles. The maximum absolute atomic E-state index is 12.2. The van der Waals surface area contributed by atoms with Crippen molar-refractivity contribution >= 4 is 22.4 Å². The molecule has 7 heteroatoms. The highest BCUT2D eigenvalue weighted by atomic mass is 32.1. The number of anilines is 1. The van der Waals surface area contributed by atoms with Gasteiger partial charge in [0.15, 0.2) is 5.13 Å². The fourth-order valence-electron chi connectivity index (χ4n) is 2.44. The summed E-state index contributed by atoms with van der Waals surface area (Å²) in [6.07, 6.45) is 1.65. The first-order valence-electron chi connectivity index (χ1n) is 9.03. The highest BCUT2D eigenvalue weighted by Gasteiger charge is 2.18. The average Bonchev–Trinajstić information content (AvgIpc) is 3.29. The third-order valence-electron chi connectivity index (χ3n) is 4.17. The van der Waals surface area contributed by atoms with E-state index in [4.69, 9.17) is 4.52 Å². The second-order valence-corrected chi connectivity index (χ2v) is 8.26. The molecule has 2 aromatic heterocycles. The van der Waals surface area contributed by atoms with Crippen LogP contribution in [-0.4, -0.2) is 21.0 Å². The van der Waals surface area contributed by atoms with Crippen molar-refractivity contribution in [2.24, 2.45) is 0 Å². The topological polar surface area (TPSA) is 80.9 Å². The van der Waals surface area contributed by atoms with Crippen LogP contribution in [0.25, 0.3) is 11.4 Å². The van der Waals surface area contributed by atoms with Crippen LogP contribution in [0.5, 0.6) is 0 Å². The number of hydrogen-bond donors (Lipinski definition) is 1. The molecule has 0 spiro atoms. The van der Waals surface area contributed by atoms with E-state index >= 15 is 0 Å². The first-order valence-corrected chi connectivity index (χ1v) is 9.91. The minimum atomic E-state index is -0.114. The number of amides is 1. The van der Waals surface area contributed by atoms with E-state index in [0.717, 1.165) is 17.7 Å². The summed E-state index contributed by atoms with van der Waals surface area (Å²) in [4.78, 5) is 21.0. The summed E-state index contributed by atoms with van der Waals surface area (Å²) in [6.45, 7) is 8.39. The molecular formula is C20H24N4O2S. The summed E-state index contributed by atoms with van der Waals surface area (Å²) in [5, 5.41) is 9.43. The van der Waals surface area contributed by atoms with Gasteiger partial charge in [0.1, 0.15) is 0 Å². The van der Waals surface area contributed by atoms with Crippen LogP contribution in [0.3, 0.4) is 0 Å². The molecule has 27 heavy (non-hydrogen) atoms. The Morgan fingerprint density at radius 3 is 2.56 bits per heavy atom. The van der Waals surface area contributed by atoms with Crippen LogP contribution < -0.4 is 5.32 Å². The monoisotopic (exact) mass is 384 g/mol. The van der Waals surface area contributed by atoms with Crippen LogP contribution in [0.1, 0.15) is 51.3 Å². The first-order chi connectivity index (χ1) is 12.8. The number of carbonyl (C=O) groups excluding carboxylic acids is 1. The molecule has 0 aliphatic heterocycles. The van der Waals surface area contributed by atoms with Crippen molar-refractivity contribution in [1.29, 1.82) is 0 Å². The Morgan fingerprint density at radius 2 is 1.93 bits per heavy atom. The molecular weight excluding hydrogens is 360 g/mol. The maximum Gasteiger partial charge on any atom is 0.227 e. The fourth-order valence-corrected chi connectivity index (χ4v) is 3.39. The Labute approximate surface area is 163 Å². The van der Waals surface area contributed by atoms with Crippen LogP contribution in [0.4, 0.5) is 5.13 Å². The standard InChI is InChI=1S/C20H24N4O2S/c1-5-13-6-8-14(9-7-13)18-23-17(26-24-18)11-10-16(25)22-19-21-15(12-27-19)20(2,3)4/h6-9,12H,5,10-11H2,1-4H3,(H,21,22,25). The van der Waals surface area contributed by atoms with Gasteiger partial charge in [-0.1, -0.05) is 57.1 Å². The lowest BCUT2D eigenvalue weighted by molar-refractivity contribution is -0.116. The van der Waals surface area contributed by atoms with Gasteiger partial charge in [-0.25, -0.2) is 4.98 Å². The van der Waals surface area contributed by atoms with Crippen LogP contribution in [0, 0.1) is 0 Å². The summed E-state index contributed by atoms with van der Waals surface area (Å²) in [7, 11) is 0. The Kier molecular flexibility index (Phi) is 5.70. The lowest BCUT2D eigenvalue weighted by Crippen LogP contribution is -2.14. The van der Waals surface area contributed by atoms with Crippen molar-refractivity contribution < 1.29 is 9.32 Å². The zero-order valence-corrected chi connectivity index (χ0v) is 16.9. The average molecular weight is 385 g/mol. The second kappa shape index (κ2) is 8.00. The van der Waals surface area contributed by atoms with E-state index in [2.05, 4.69) is 60.3 Å². The molecule has 0 unspecified atom stereocenters. The Morgan fingerprint density at radius 1 is 1.19 bits per heavy atom. The van der Waals surface area contributed by atoms with Gasteiger partial charge in [-0.3, -0.25) is 4.79 Å². The quantitative estimate of drug-likeness (QED) is 0.670. The number of aromatic nitrogens is 3. The summed E-state index contributed by atoms with van der Waals surface area (Å²) >= 11 is 1.44. The number of carbonyl (C=O) groups is 1. The molecule has 0 aliphatic carbocycles. The number of nitrogens with zero attached hydrogens (tertiary/aromatic N) is 3. The third-order valence-corrected chi connectivity index (χ3v) is 4.93. The van der Waals surface area contributed by atoms with Crippen LogP contribution in [0.2, 0.25) is 0 Å². The minimum absolute atomic E-state index is 0.0328. The number of benzene rings is 1. The minimum Gasteiger partial charge on any atom is -0.339 e. The lowest BCUT2D eigenvalue weighted by atomic mass is 9.93. The number of hydrogen-bond acceptors (Lipinski definition) is 6. The summed E-state index contributed by atoms with van der Waals surface area (Å²) in [6, 6.07) is 8.07. The molecule has 3 aromatic rings. The summed E-state index contributed by atoms with van der Waals surface area (Å²) in [5.41, 5.74) is 3.10. The van der Waals surface area contributed by atoms with Crippen LogP contribution in [0.15, 0.2) is 34.2 Å². The molecule has 1 amide bonds. The molecule has 3 rings (SSSR count). The molecule has 2 heterocycles. The maximum atomic E-state index is 12.2. The van der Waals surface area contributed by atoms with Crippen molar-refractivity contribution in [3.8, 4) is 11.4 Å². The van der Waals surface area contributed by atoms with Crippen LogP contribution in [-0.2, 0) is 23.1 Å². The van der Waals surface area contributed by atoms with E-state index in [1.807, 2.05) is 17.5 Å². The molecule has 6 nitrogen and oxygen atoms in total. The van der Waals surface area contributed by atoms with E-state index in [-0.39, 0.29) is 17.7 Å². The fraction of sp³-hybridized carbons (Fsp3) is 0.400. The zero-order chi connectivity index (χ0) is 19.4. The Balaban J connectivity index is 1.54. The van der Waals surface area contributed by atoms with Crippen molar-refractivity contribution in [2.75, 3.05) is 5.32 Å². The van der Waals surface area contributed by atoms with Gasteiger partial charge >= 0.3 is 0 Å². The molecule has 0 bridgehead atoms. The van der Waals surface area contributed by atoms with Crippen molar-refractivity contribution in [3.63, 3.8) is 0 Å². The number of rotatable bonds is 6. The molecule has 1 N–H and O–H groups in total. The SMILES string of the molecule is CCc1ccc(-c2noc(CCC(=O)Nc3nc(C(C)(C)C)cs3)n2)cc1. The number of aryl methyl sites for hydroxylation is 2. The zero-order valence-electron chi connectivity index (χ0n) is 16.1. The van der Waals surface area contributed by atoms with Gasteiger partial charge in [-0.05, 0) is 12.0 Å². The molecule has 1 aromatic carbocycles. The predicted molar refractivity (Wildman–Crippen MR) is 107 cm³/mol. The van der Waals surface area contributed by atoms with Crippen molar-refractivity contribution in [1.82, 2.24) is 15.1 Å². The summed E-state index contributed by atoms with van der Waals surface area (Å²) in [5.74, 6) is 0.883. The van der Waals surface area contributed by atoms with Crippen molar-refractivity contribution in [2.45, 2.75) is 52.4 Å². The number of thiazole rings is 1. The second-order valence-electron chi connectivity index (χ2n) is 7.40. The van der Waals surface area contributed by atoms with Gasteiger partial charge in [0.25, 0.3) is 0 Å². The first kappa shape index (κ1) is 19.2. The van der Waals surface area contributed by atoms with Gasteiger partial charge in [0, 0.05) is 29.2 Å². The van der Waals surface area contributed by atoms with Gasteiger partial charge in [0.2, 0.25) is 17.6 Å². The van der Waals surface area contributed by atoms with Crippen LogP contribution >= 0.6 is 11.3 Å². The van der Waals surface area contributed by atoms with E-state index in [9.17, 15) is 4.79 Å². The van der Waals surface area contributed by atoms with Gasteiger partial charge < -0.3 is 9.84 Å². The lowest BCUT2D eigenvalue weighted by Gasteiger charge is -2.14. The highest BCUT2D eigenvalue weighted by molar-refractivity contribution is 7.13. The molecule has 0 radical (unpaired) electrons. The summed E-state index contributed by atoms with van der Waals surface area (Å²) < 4.78 is 5.27. The van der Waals surface area contributed by atoms with E-state index in [1.165, 1.54) is 16.9 Å². The largest absolute Gasteiger partial charge is 0.339 e. The third kappa shape index (κ3) is 5.01. The van der Waals surface area contributed by atoms with E-state index in [1.54, 1.807) is 0 Å². The van der Waals surface area contributed by atoms with Gasteiger partial charge in [-0.15, -0.1) is 11.3 Å². The number of nitrogens with one attached hydrogen (secondary N) is 1.